The third-order valence-electron chi connectivity index (χ3n) is 5.70. The van der Waals surface area contributed by atoms with Crippen LogP contribution in [0.4, 0.5) is 32.2 Å². The molecule has 0 aliphatic carbocycles. The molecule has 0 spiro atoms. The number of nitrogens with zero attached hydrogens (tertiary/aromatic N) is 7. The molecule has 4 aromatic rings. The van der Waals surface area contributed by atoms with Gasteiger partial charge in [-0.15, -0.1) is 0 Å². The van der Waals surface area contributed by atoms with Crippen LogP contribution in [0.15, 0.2) is 49.1 Å². The Morgan fingerprint density at radius 2 is 1.76 bits per heavy atom. The molecule has 1 aliphatic heterocycles. The van der Waals surface area contributed by atoms with Crippen molar-refractivity contribution in [3.05, 3.63) is 60.3 Å². The van der Waals surface area contributed by atoms with Crippen molar-refractivity contribution in [1.29, 1.82) is 0 Å². The lowest BCUT2D eigenvalue weighted by Gasteiger charge is -2.33. The summed E-state index contributed by atoms with van der Waals surface area (Å²) in [6.45, 7) is 0.993. The average Bonchev–Trinajstić information content (AvgIpc) is 3.46. The fraction of sp³-hybridized carbons (Fsp3) is 0.333. The number of piperidine rings is 1. The van der Waals surface area contributed by atoms with Gasteiger partial charge in [0.1, 0.15) is 17.2 Å². The fourth-order valence-electron chi connectivity index (χ4n) is 4.03. The van der Waals surface area contributed by atoms with Crippen molar-refractivity contribution in [2.45, 2.75) is 31.2 Å². The second-order valence-electron chi connectivity index (χ2n) is 7.95. The Hall–Kier alpha value is -3.64. The standard InChI is InChI=1S/C21H17F6N7/c22-20(23,24)13-3-4-17-29-10-15(33(17)11-13)19-28-7-5-18(30-19)32-8-1-2-14(12-32)34-9-6-16(31-34)21(25,26)27/h3-7,9-11,14H,1-2,8,12H2. The summed E-state index contributed by atoms with van der Waals surface area (Å²) >= 11 is 0. The molecule has 1 unspecified atom stereocenters. The maximum atomic E-state index is 13.2. The Balaban J connectivity index is 1.43. The summed E-state index contributed by atoms with van der Waals surface area (Å²) < 4.78 is 80.9. The summed E-state index contributed by atoms with van der Waals surface area (Å²) in [6, 6.07) is 4.54. The zero-order valence-electron chi connectivity index (χ0n) is 17.4. The quantitative estimate of drug-likeness (QED) is 0.391. The highest BCUT2D eigenvalue weighted by molar-refractivity contribution is 5.59. The highest BCUT2D eigenvalue weighted by Gasteiger charge is 2.35. The first-order valence-corrected chi connectivity index (χ1v) is 10.3. The number of anilines is 1. The Kier molecular flexibility index (Phi) is 5.21. The van der Waals surface area contributed by atoms with E-state index in [1.807, 2.05) is 4.90 Å². The van der Waals surface area contributed by atoms with Crippen molar-refractivity contribution in [1.82, 2.24) is 29.1 Å². The molecular weight excluding hydrogens is 464 g/mol. The molecule has 5 rings (SSSR count). The maximum Gasteiger partial charge on any atom is 0.435 e. The molecule has 0 saturated carbocycles. The van der Waals surface area contributed by atoms with Crippen LogP contribution in [-0.2, 0) is 12.4 Å². The minimum Gasteiger partial charge on any atom is -0.354 e. The average molecular weight is 481 g/mol. The molecule has 4 aromatic heterocycles. The highest BCUT2D eigenvalue weighted by Crippen LogP contribution is 2.32. The Bertz CT molecular complexity index is 1320. The SMILES string of the molecule is FC(F)(F)c1ccc2ncc(-c3nccc(N4CCCC(n5ccc(C(F)(F)F)n5)C4)n3)n2c1. The van der Waals surface area contributed by atoms with Crippen LogP contribution in [0.5, 0.6) is 0 Å². The summed E-state index contributed by atoms with van der Waals surface area (Å²) in [7, 11) is 0. The molecule has 1 atom stereocenters. The summed E-state index contributed by atoms with van der Waals surface area (Å²) in [5.74, 6) is 0.699. The molecule has 7 nitrogen and oxygen atoms in total. The van der Waals surface area contributed by atoms with E-state index >= 15 is 0 Å². The van der Waals surface area contributed by atoms with Gasteiger partial charge in [-0.1, -0.05) is 0 Å². The van der Waals surface area contributed by atoms with Crippen LogP contribution >= 0.6 is 0 Å². The van der Waals surface area contributed by atoms with Gasteiger partial charge in [-0.3, -0.25) is 9.08 Å². The molecule has 0 radical (unpaired) electrons. The minimum atomic E-state index is -4.51. The number of hydrogen-bond donors (Lipinski definition) is 0. The third-order valence-corrected chi connectivity index (χ3v) is 5.70. The van der Waals surface area contributed by atoms with E-state index in [2.05, 4.69) is 20.1 Å². The van der Waals surface area contributed by atoms with E-state index in [0.29, 0.717) is 43.1 Å². The maximum absolute atomic E-state index is 13.2. The monoisotopic (exact) mass is 481 g/mol. The van der Waals surface area contributed by atoms with Gasteiger partial charge in [-0.25, -0.2) is 15.0 Å². The van der Waals surface area contributed by atoms with E-state index in [-0.39, 0.29) is 11.9 Å². The number of aromatic nitrogens is 6. The van der Waals surface area contributed by atoms with Gasteiger partial charge in [0.25, 0.3) is 0 Å². The number of rotatable bonds is 3. The number of pyridine rings is 1. The van der Waals surface area contributed by atoms with Crippen LogP contribution in [0.1, 0.15) is 30.1 Å². The van der Waals surface area contributed by atoms with Gasteiger partial charge in [0.05, 0.1) is 17.8 Å². The fourth-order valence-corrected chi connectivity index (χ4v) is 4.03. The normalized spacial score (nSPS) is 17.5. The molecule has 0 aromatic carbocycles. The zero-order chi connectivity index (χ0) is 24.1. The second-order valence-corrected chi connectivity index (χ2v) is 7.95. The van der Waals surface area contributed by atoms with Crippen molar-refractivity contribution < 1.29 is 26.3 Å². The molecule has 0 N–H and O–H groups in total. The first-order valence-electron chi connectivity index (χ1n) is 10.3. The number of alkyl halides is 6. The summed E-state index contributed by atoms with van der Waals surface area (Å²) in [5.41, 5.74) is -1.17. The van der Waals surface area contributed by atoms with Gasteiger partial charge in [-0.2, -0.15) is 31.4 Å². The molecule has 1 saturated heterocycles. The first kappa shape index (κ1) is 22.2. The van der Waals surface area contributed by atoms with E-state index in [1.165, 1.54) is 33.7 Å². The van der Waals surface area contributed by atoms with E-state index < -0.39 is 23.6 Å². The van der Waals surface area contributed by atoms with Crippen molar-refractivity contribution >= 4 is 11.5 Å². The van der Waals surface area contributed by atoms with Crippen LogP contribution in [-0.4, -0.2) is 42.2 Å². The molecule has 178 valence electrons. The molecule has 1 aliphatic rings. The van der Waals surface area contributed by atoms with Crippen molar-refractivity contribution in [2.24, 2.45) is 0 Å². The third kappa shape index (κ3) is 4.17. The van der Waals surface area contributed by atoms with Gasteiger partial charge in [0, 0.05) is 31.7 Å². The smallest absolute Gasteiger partial charge is 0.354 e. The lowest BCUT2D eigenvalue weighted by atomic mass is 10.1. The van der Waals surface area contributed by atoms with Gasteiger partial charge in [0.15, 0.2) is 11.5 Å². The highest BCUT2D eigenvalue weighted by atomic mass is 19.4. The summed E-state index contributed by atoms with van der Waals surface area (Å²) in [4.78, 5) is 14.8. The van der Waals surface area contributed by atoms with Crippen LogP contribution in [0.2, 0.25) is 0 Å². The number of fused-ring (bicyclic) bond motifs is 1. The molecular formula is C21H17F6N7. The number of hydrogen-bond acceptors (Lipinski definition) is 5. The van der Waals surface area contributed by atoms with E-state index in [4.69, 9.17) is 0 Å². The van der Waals surface area contributed by atoms with Crippen molar-refractivity contribution in [2.75, 3.05) is 18.0 Å². The van der Waals surface area contributed by atoms with Crippen LogP contribution in [0.25, 0.3) is 17.2 Å². The van der Waals surface area contributed by atoms with Crippen LogP contribution in [0.3, 0.4) is 0 Å². The largest absolute Gasteiger partial charge is 0.435 e. The van der Waals surface area contributed by atoms with Gasteiger partial charge in [-0.05, 0) is 37.1 Å². The molecule has 34 heavy (non-hydrogen) atoms. The predicted octanol–water partition coefficient (Wildman–Crippen LogP) is 4.87. The molecule has 13 heteroatoms. The Morgan fingerprint density at radius 3 is 2.50 bits per heavy atom. The second kappa shape index (κ2) is 7.99. The van der Waals surface area contributed by atoms with Crippen LogP contribution < -0.4 is 4.90 Å². The summed E-state index contributed by atoms with van der Waals surface area (Å²) in [6.07, 6.45) is -2.52. The Labute approximate surface area is 188 Å². The Morgan fingerprint density at radius 1 is 0.941 bits per heavy atom. The zero-order valence-corrected chi connectivity index (χ0v) is 17.4. The van der Waals surface area contributed by atoms with Gasteiger partial charge >= 0.3 is 12.4 Å². The molecule has 0 amide bonds. The van der Waals surface area contributed by atoms with E-state index in [1.54, 1.807) is 6.07 Å². The van der Waals surface area contributed by atoms with Crippen molar-refractivity contribution in [3.63, 3.8) is 0 Å². The topological polar surface area (TPSA) is 64.1 Å². The van der Waals surface area contributed by atoms with Crippen molar-refractivity contribution in [3.8, 4) is 11.5 Å². The molecule has 1 fully saturated rings. The molecule has 0 bridgehead atoms. The van der Waals surface area contributed by atoms with Gasteiger partial charge < -0.3 is 4.90 Å². The first-order chi connectivity index (χ1) is 16.1. The van der Waals surface area contributed by atoms with Gasteiger partial charge in [0.2, 0.25) is 0 Å². The lowest BCUT2D eigenvalue weighted by molar-refractivity contribution is -0.141. The molecule has 5 heterocycles. The van der Waals surface area contributed by atoms with Crippen LogP contribution in [0, 0.1) is 0 Å². The lowest BCUT2D eigenvalue weighted by Crippen LogP contribution is -2.37. The van der Waals surface area contributed by atoms with E-state index in [0.717, 1.165) is 18.3 Å². The predicted molar refractivity (Wildman–Crippen MR) is 109 cm³/mol. The minimum absolute atomic E-state index is 0.185. The summed E-state index contributed by atoms with van der Waals surface area (Å²) in [5, 5.41) is 3.68. The van der Waals surface area contributed by atoms with E-state index in [9.17, 15) is 26.3 Å². The number of imidazole rings is 1. The number of halogens is 6.